The topological polar surface area (TPSA) is 98.6 Å². The van der Waals surface area contributed by atoms with Crippen LogP contribution in [0, 0.1) is 0 Å². The number of nitrogens with zero attached hydrogens (tertiary/aromatic N) is 7. The van der Waals surface area contributed by atoms with Gasteiger partial charge in [-0.1, -0.05) is 5.21 Å². The standard InChI is InChI=1S/C8H11BrN8/c1-16(2)8-12-6(11-7(10)13-8)4-5(9)14-15-17(4)3/h1-3H3,(H2,10,11,12,13). The third-order valence-electron chi connectivity index (χ3n) is 2.04. The highest BCUT2D eigenvalue weighted by Crippen LogP contribution is 2.23. The maximum Gasteiger partial charge on any atom is 0.230 e. The van der Waals surface area contributed by atoms with E-state index in [1.165, 1.54) is 0 Å². The third kappa shape index (κ3) is 2.18. The van der Waals surface area contributed by atoms with Crippen molar-refractivity contribution in [1.82, 2.24) is 29.9 Å². The second-order valence-electron chi connectivity index (χ2n) is 3.56. The monoisotopic (exact) mass is 298 g/mol. The molecule has 2 N–H and O–H groups in total. The molecule has 8 nitrogen and oxygen atoms in total. The van der Waals surface area contributed by atoms with Crippen molar-refractivity contribution in [3.63, 3.8) is 0 Å². The summed E-state index contributed by atoms with van der Waals surface area (Å²) in [6.07, 6.45) is 0. The van der Waals surface area contributed by atoms with Gasteiger partial charge in [0.25, 0.3) is 0 Å². The lowest BCUT2D eigenvalue weighted by molar-refractivity contribution is 0.716. The Morgan fingerprint density at radius 1 is 1.24 bits per heavy atom. The van der Waals surface area contributed by atoms with Crippen LogP contribution in [-0.2, 0) is 7.05 Å². The highest BCUT2D eigenvalue weighted by Gasteiger charge is 2.16. The summed E-state index contributed by atoms with van der Waals surface area (Å²) in [6, 6.07) is 0. The summed E-state index contributed by atoms with van der Waals surface area (Å²) in [7, 11) is 5.41. The minimum atomic E-state index is 0.159. The van der Waals surface area contributed by atoms with Crippen LogP contribution in [0.4, 0.5) is 11.9 Å². The van der Waals surface area contributed by atoms with Gasteiger partial charge in [-0.2, -0.15) is 15.0 Å². The lowest BCUT2D eigenvalue weighted by atomic mass is 10.4. The van der Waals surface area contributed by atoms with Crippen LogP contribution in [-0.4, -0.2) is 44.0 Å². The van der Waals surface area contributed by atoms with Crippen molar-refractivity contribution in [3.05, 3.63) is 4.60 Å². The molecular formula is C8H11BrN8. The molecular weight excluding hydrogens is 288 g/mol. The molecule has 0 amide bonds. The molecule has 0 aliphatic carbocycles. The summed E-state index contributed by atoms with van der Waals surface area (Å²) in [5.74, 6) is 1.08. The molecule has 0 saturated heterocycles. The maximum absolute atomic E-state index is 5.65. The summed E-state index contributed by atoms with van der Waals surface area (Å²) >= 11 is 3.29. The molecule has 0 aliphatic heterocycles. The molecule has 0 atom stereocenters. The molecule has 2 aromatic heterocycles. The Balaban J connectivity index is 2.60. The van der Waals surface area contributed by atoms with Crippen molar-refractivity contribution >= 4 is 27.8 Å². The molecule has 0 radical (unpaired) electrons. The van der Waals surface area contributed by atoms with Gasteiger partial charge in [-0.05, 0) is 15.9 Å². The molecule has 0 unspecified atom stereocenters. The van der Waals surface area contributed by atoms with E-state index in [4.69, 9.17) is 5.73 Å². The largest absolute Gasteiger partial charge is 0.368 e. The summed E-state index contributed by atoms with van der Waals surface area (Å²) < 4.78 is 2.13. The molecule has 0 saturated carbocycles. The van der Waals surface area contributed by atoms with E-state index >= 15 is 0 Å². The smallest absolute Gasteiger partial charge is 0.230 e. The van der Waals surface area contributed by atoms with Crippen LogP contribution >= 0.6 is 15.9 Å². The first kappa shape index (κ1) is 11.7. The number of hydrogen-bond acceptors (Lipinski definition) is 7. The lowest BCUT2D eigenvalue weighted by Gasteiger charge is -2.11. The van der Waals surface area contributed by atoms with Crippen LogP contribution in [0.1, 0.15) is 0 Å². The number of halogens is 1. The van der Waals surface area contributed by atoms with E-state index in [9.17, 15) is 0 Å². The minimum absolute atomic E-state index is 0.159. The second kappa shape index (κ2) is 4.24. The van der Waals surface area contributed by atoms with Gasteiger partial charge in [0.1, 0.15) is 5.69 Å². The Hall–Kier alpha value is -1.77. The quantitative estimate of drug-likeness (QED) is 0.838. The zero-order valence-electron chi connectivity index (χ0n) is 9.59. The third-order valence-corrected chi connectivity index (χ3v) is 2.57. The molecule has 0 fully saturated rings. The van der Waals surface area contributed by atoms with Crippen molar-refractivity contribution in [2.45, 2.75) is 0 Å². The SMILES string of the molecule is CN(C)c1nc(N)nc(-c2c(Br)nnn2C)n1. The van der Waals surface area contributed by atoms with Gasteiger partial charge in [-0.3, -0.25) is 0 Å². The van der Waals surface area contributed by atoms with E-state index in [0.29, 0.717) is 22.1 Å². The number of nitrogens with two attached hydrogens (primary N) is 1. The summed E-state index contributed by atoms with van der Waals surface area (Å²) in [6.45, 7) is 0. The van der Waals surface area contributed by atoms with Crippen LogP contribution < -0.4 is 10.6 Å². The zero-order valence-corrected chi connectivity index (χ0v) is 11.2. The Kier molecular flexibility index (Phi) is 2.92. The van der Waals surface area contributed by atoms with E-state index in [2.05, 4.69) is 41.2 Å². The van der Waals surface area contributed by atoms with E-state index in [1.807, 2.05) is 14.1 Å². The predicted octanol–water partition coefficient (Wildman–Crippen LogP) is 0.0778. The molecule has 90 valence electrons. The fourth-order valence-electron chi connectivity index (χ4n) is 1.26. The number of rotatable bonds is 2. The molecule has 0 spiro atoms. The molecule has 17 heavy (non-hydrogen) atoms. The average Bonchev–Trinajstić information content (AvgIpc) is 2.57. The maximum atomic E-state index is 5.65. The Labute approximate surface area is 106 Å². The van der Waals surface area contributed by atoms with Crippen molar-refractivity contribution in [2.75, 3.05) is 24.7 Å². The fraction of sp³-hybridized carbons (Fsp3) is 0.375. The van der Waals surface area contributed by atoms with Gasteiger partial charge in [-0.25, -0.2) is 4.68 Å². The number of nitrogen functional groups attached to an aromatic ring is 1. The summed E-state index contributed by atoms with van der Waals surface area (Å²) in [5.41, 5.74) is 6.30. The van der Waals surface area contributed by atoms with Crippen molar-refractivity contribution < 1.29 is 0 Å². The molecule has 2 aromatic rings. The van der Waals surface area contributed by atoms with Crippen LogP contribution in [0.2, 0.25) is 0 Å². The van der Waals surface area contributed by atoms with Gasteiger partial charge >= 0.3 is 0 Å². The first-order valence-electron chi connectivity index (χ1n) is 4.73. The highest BCUT2D eigenvalue weighted by molar-refractivity contribution is 9.10. The molecule has 2 rings (SSSR count). The molecule has 0 bridgehead atoms. The van der Waals surface area contributed by atoms with Crippen molar-refractivity contribution in [3.8, 4) is 11.5 Å². The van der Waals surface area contributed by atoms with Crippen molar-refractivity contribution in [2.24, 2.45) is 7.05 Å². The van der Waals surface area contributed by atoms with Gasteiger partial charge < -0.3 is 10.6 Å². The highest BCUT2D eigenvalue weighted by atomic mass is 79.9. The minimum Gasteiger partial charge on any atom is -0.368 e. The Morgan fingerprint density at radius 3 is 2.47 bits per heavy atom. The van der Waals surface area contributed by atoms with Gasteiger partial charge in [0.05, 0.1) is 0 Å². The molecule has 0 aromatic carbocycles. The van der Waals surface area contributed by atoms with Crippen LogP contribution in [0.3, 0.4) is 0 Å². The second-order valence-corrected chi connectivity index (χ2v) is 4.32. The van der Waals surface area contributed by atoms with Gasteiger partial charge in [0, 0.05) is 21.1 Å². The lowest BCUT2D eigenvalue weighted by Crippen LogP contribution is -2.15. The number of aryl methyl sites for hydroxylation is 1. The van der Waals surface area contributed by atoms with Crippen LogP contribution in [0.15, 0.2) is 4.60 Å². The first-order chi connectivity index (χ1) is 7.99. The summed E-state index contributed by atoms with van der Waals surface area (Å²) in [4.78, 5) is 14.1. The van der Waals surface area contributed by atoms with E-state index < -0.39 is 0 Å². The van der Waals surface area contributed by atoms with E-state index in [1.54, 1.807) is 16.6 Å². The zero-order chi connectivity index (χ0) is 12.6. The number of anilines is 2. The fourth-order valence-corrected chi connectivity index (χ4v) is 1.76. The Morgan fingerprint density at radius 2 is 1.94 bits per heavy atom. The van der Waals surface area contributed by atoms with Gasteiger partial charge in [0.15, 0.2) is 10.4 Å². The van der Waals surface area contributed by atoms with Gasteiger partial charge in [-0.15, -0.1) is 5.10 Å². The summed E-state index contributed by atoms with van der Waals surface area (Å²) in [5, 5.41) is 7.73. The molecule has 2 heterocycles. The van der Waals surface area contributed by atoms with Gasteiger partial charge in [0.2, 0.25) is 11.9 Å². The number of aromatic nitrogens is 6. The van der Waals surface area contributed by atoms with Crippen LogP contribution in [0.25, 0.3) is 11.5 Å². The first-order valence-corrected chi connectivity index (χ1v) is 5.52. The Bertz CT molecular complexity index is 529. The number of hydrogen-bond donors (Lipinski definition) is 1. The van der Waals surface area contributed by atoms with Crippen LogP contribution in [0.5, 0.6) is 0 Å². The molecule has 0 aliphatic rings. The predicted molar refractivity (Wildman–Crippen MR) is 66.3 cm³/mol. The average molecular weight is 299 g/mol. The normalized spacial score (nSPS) is 10.6. The van der Waals surface area contributed by atoms with E-state index in [0.717, 1.165) is 0 Å². The van der Waals surface area contributed by atoms with E-state index in [-0.39, 0.29) is 5.95 Å². The molecule has 9 heteroatoms. The van der Waals surface area contributed by atoms with Crippen molar-refractivity contribution in [1.29, 1.82) is 0 Å².